The topological polar surface area (TPSA) is 78.9 Å². The van der Waals surface area contributed by atoms with E-state index in [2.05, 4.69) is 20.8 Å². The van der Waals surface area contributed by atoms with E-state index in [9.17, 15) is 14.4 Å². The molecule has 0 spiro atoms. The molecule has 0 radical (unpaired) electrons. The Kier molecular flexibility index (Phi) is 30.0. The largest absolute Gasteiger partial charge is 0.371 e. The predicted molar refractivity (Wildman–Crippen MR) is 165 cm³/mol. The molecular weight excluding hydrogens is 504 g/mol. The molecule has 0 rings (SSSR count). The Morgan fingerprint density at radius 2 is 0.725 bits per heavy atom. The lowest BCUT2D eigenvalue weighted by Gasteiger charge is -2.18. The predicted octanol–water partition coefficient (Wildman–Crippen LogP) is 8.75. The molecule has 0 aliphatic carbocycles. The van der Waals surface area contributed by atoms with Crippen LogP contribution in [0.15, 0.2) is 0 Å². The van der Waals surface area contributed by atoms with Crippen molar-refractivity contribution in [1.29, 1.82) is 0 Å². The van der Waals surface area contributed by atoms with Crippen LogP contribution in [0.5, 0.6) is 0 Å². The van der Waals surface area contributed by atoms with Crippen molar-refractivity contribution in [3.63, 3.8) is 0 Å². The van der Waals surface area contributed by atoms with Gasteiger partial charge in [-0.3, -0.25) is 14.4 Å². The Morgan fingerprint density at radius 1 is 0.425 bits per heavy atom. The highest BCUT2D eigenvalue weighted by molar-refractivity contribution is 5.80. The van der Waals surface area contributed by atoms with Crippen molar-refractivity contribution in [2.24, 2.45) is 0 Å². The smallest absolute Gasteiger partial charge is 0.158 e. The zero-order valence-electron chi connectivity index (χ0n) is 26.6. The number of hydrogen-bond donors (Lipinski definition) is 0. The minimum Gasteiger partial charge on any atom is -0.371 e. The third kappa shape index (κ3) is 28.4. The van der Waals surface area contributed by atoms with Crippen LogP contribution in [0.4, 0.5) is 0 Å². The molecule has 0 aromatic carbocycles. The van der Waals surface area contributed by atoms with Crippen LogP contribution in [-0.4, -0.2) is 56.5 Å². The normalized spacial score (nSPS) is 11.4. The summed E-state index contributed by atoms with van der Waals surface area (Å²) in [5.41, 5.74) is 0. The van der Waals surface area contributed by atoms with Gasteiger partial charge in [0.05, 0.1) is 13.2 Å². The maximum Gasteiger partial charge on any atom is 0.158 e. The average Bonchev–Trinajstić information content (AvgIpc) is 2.94. The van der Waals surface area contributed by atoms with Gasteiger partial charge in [0.2, 0.25) is 0 Å². The molecule has 236 valence electrons. The Bertz CT molecular complexity index is 555. The first kappa shape index (κ1) is 38.9. The second-order valence-electron chi connectivity index (χ2n) is 11.5. The highest BCUT2D eigenvalue weighted by atomic mass is 16.6. The van der Waals surface area contributed by atoms with Gasteiger partial charge in [-0.25, -0.2) is 0 Å². The number of carbonyl (C=O) groups excluding carboxylic acids is 3. The molecule has 6 nitrogen and oxygen atoms in total. The third-order valence-corrected chi connectivity index (χ3v) is 7.29. The van der Waals surface area contributed by atoms with Gasteiger partial charge in [0.15, 0.2) is 17.3 Å². The summed E-state index contributed by atoms with van der Waals surface area (Å²) in [5, 5.41) is 0. The van der Waals surface area contributed by atoms with Gasteiger partial charge in [0.25, 0.3) is 0 Å². The van der Waals surface area contributed by atoms with E-state index in [-0.39, 0.29) is 50.4 Å². The summed E-state index contributed by atoms with van der Waals surface area (Å²) in [6.45, 7) is 7.09. The van der Waals surface area contributed by atoms with Crippen LogP contribution in [0.3, 0.4) is 0 Å². The van der Waals surface area contributed by atoms with E-state index in [1.54, 1.807) is 0 Å². The molecule has 0 bridgehead atoms. The lowest BCUT2D eigenvalue weighted by atomic mass is 10.1. The van der Waals surface area contributed by atoms with Gasteiger partial charge >= 0.3 is 0 Å². The summed E-state index contributed by atoms with van der Waals surface area (Å²) in [7, 11) is 0. The molecule has 0 unspecified atom stereocenters. The maximum absolute atomic E-state index is 12.3. The van der Waals surface area contributed by atoms with Gasteiger partial charge in [-0.2, -0.15) is 0 Å². The maximum atomic E-state index is 12.3. The lowest BCUT2D eigenvalue weighted by Crippen LogP contribution is -2.30. The molecule has 0 aromatic heterocycles. The Morgan fingerprint density at radius 3 is 1.07 bits per heavy atom. The van der Waals surface area contributed by atoms with Crippen molar-refractivity contribution in [2.45, 2.75) is 168 Å². The van der Waals surface area contributed by atoms with E-state index in [0.717, 1.165) is 44.9 Å². The minimum atomic E-state index is -0.471. The Hall–Kier alpha value is -1.11. The third-order valence-electron chi connectivity index (χ3n) is 7.29. The quantitative estimate of drug-likeness (QED) is 0.0736. The minimum absolute atomic E-state index is 0.0170. The number of carbonyl (C=O) groups is 3. The number of rotatable bonds is 33. The van der Waals surface area contributed by atoms with Crippen LogP contribution in [0, 0.1) is 0 Å². The zero-order valence-corrected chi connectivity index (χ0v) is 26.6. The van der Waals surface area contributed by atoms with Gasteiger partial charge in [0.1, 0.15) is 25.9 Å². The molecule has 0 amide bonds. The zero-order chi connectivity index (χ0) is 29.5. The highest BCUT2D eigenvalue weighted by Crippen LogP contribution is 2.11. The first-order valence-corrected chi connectivity index (χ1v) is 16.9. The van der Waals surface area contributed by atoms with Gasteiger partial charge in [-0.15, -0.1) is 0 Å². The van der Waals surface area contributed by atoms with Crippen LogP contribution in [-0.2, 0) is 28.6 Å². The van der Waals surface area contributed by atoms with Crippen LogP contribution < -0.4 is 0 Å². The number of hydrogen-bond acceptors (Lipinski definition) is 6. The molecule has 0 aliphatic rings. The molecule has 0 saturated carbocycles. The van der Waals surface area contributed by atoms with Crippen LogP contribution >= 0.6 is 0 Å². The molecule has 40 heavy (non-hydrogen) atoms. The standard InChI is InChI=1S/C34H64O6/c1-4-7-10-13-15-18-21-23-31(35)26-38-29-34(40-28-33(37)25-20-17-12-9-6-3)30-39-27-32(36)24-22-19-16-14-11-8-5-2/h34H,4-30H2,1-3H3. The molecule has 0 aliphatic heterocycles. The van der Waals surface area contributed by atoms with Crippen LogP contribution in [0.2, 0.25) is 0 Å². The Labute approximate surface area is 247 Å². The van der Waals surface area contributed by atoms with Crippen LogP contribution in [0.1, 0.15) is 162 Å². The lowest BCUT2D eigenvalue weighted by molar-refractivity contribution is -0.135. The van der Waals surface area contributed by atoms with E-state index >= 15 is 0 Å². The van der Waals surface area contributed by atoms with E-state index < -0.39 is 6.10 Å². The van der Waals surface area contributed by atoms with Gasteiger partial charge < -0.3 is 14.2 Å². The summed E-state index contributed by atoms with van der Waals surface area (Å²) in [6.07, 6.45) is 23.1. The van der Waals surface area contributed by atoms with E-state index in [1.165, 1.54) is 77.0 Å². The molecular formula is C34H64O6. The average molecular weight is 569 g/mol. The van der Waals surface area contributed by atoms with Crippen molar-refractivity contribution < 1.29 is 28.6 Å². The number of unbranched alkanes of at least 4 members (excludes halogenated alkanes) is 16. The fourth-order valence-corrected chi connectivity index (χ4v) is 4.66. The molecule has 0 atom stereocenters. The number of ether oxygens (including phenoxy) is 3. The fraction of sp³-hybridized carbons (Fsp3) is 0.912. The molecule has 0 aromatic rings. The van der Waals surface area contributed by atoms with E-state index in [0.29, 0.717) is 19.3 Å². The molecule has 0 fully saturated rings. The summed E-state index contributed by atoms with van der Waals surface area (Å²) in [6, 6.07) is 0. The summed E-state index contributed by atoms with van der Waals surface area (Å²) >= 11 is 0. The van der Waals surface area contributed by atoms with Gasteiger partial charge in [0, 0.05) is 19.3 Å². The first-order chi connectivity index (χ1) is 19.5. The molecule has 0 heterocycles. The summed E-state index contributed by atoms with van der Waals surface area (Å²) in [5.74, 6) is 0.272. The monoisotopic (exact) mass is 568 g/mol. The summed E-state index contributed by atoms with van der Waals surface area (Å²) in [4.78, 5) is 36.7. The second kappa shape index (κ2) is 30.8. The highest BCUT2D eigenvalue weighted by Gasteiger charge is 2.15. The van der Waals surface area contributed by atoms with Gasteiger partial charge in [-0.1, -0.05) is 124 Å². The first-order valence-electron chi connectivity index (χ1n) is 16.9. The summed E-state index contributed by atoms with van der Waals surface area (Å²) < 4.78 is 17.1. The molecule has 0 saturated heterocycles. The van der Waals surface area contributed by atoms with Crippen molar-refractivity contribution in [3.8, 4) is 0 Å². The molecule has 0 N–H and O–H groups in total. The number of ketones is 3. The van der Waals surface area contributed by atoms with Crippen molar-refractivity contribution >= 4 is 17.3 Å². The molecule has 6 heteroatoms. The SMILES string of the molecule is CCCCCCCCCC(=O)COCC(COCC(=O)CCCCCCCCC)OCC(=O)CCCCCCC. The second-order valence-corrected chi connectivity index (χ2v) is 11.5. The van der Waals surface area contributed by atoms with Crippen molar-refractivity contribution in [2.75, 3.05) is 33.0 Å². The van der Waals surface area contributed by atoms with E-state index in [1.807, 2.05) is 0 Å². The number of Topliss-reactive ketones (excluding diaryl/α,β-unsaturated/α-hetero) is 3. The van der Waals surface area contributed by atoms with Crippen molar-refractivity contribution in [1.82, 2.24) is 0 Å². The van der Waals surface area contributed by atoms with Crippen LogP contribution in [0.25, 0.3) is 0 Å². The van der Waals surface area contributed by atoms with Gasteiger partial charge in [-0.05, 0) is 19.3 Å². The fourth-order valence-electron chi connectivity index (χ4n) is 4.66. The Balaban J connectivity index is 4.28. The van der Waals surface area contributed by atoms with E-state index in [4.69, 9.17) is 14.2 Å². The van der Waals surface area contributed by atoms with Crippen molar-refractivity contribution in [3.05, 3.63) is 0 Å².